The smallest absolute Gasteiger partial charge is 0.339 e. The molecule has 0 spiro atoms. The van der Waals surface area contributed by atoms with Gasteiger partial charge in [-0.1, -0.05) is 312 Å². The third-order valence-electron chi connectivity index (χ3n) is 15.7. The highest BCUT2D eigenvalue weighted by atomic mass is 16.5. The molecule has 1 aromatic rings. The molecule has 0 radical (unpaired) electrons. The van der Waals surface area contributed by atoms with Gasteiger partial charge in [0.05, 0.1) is 48.7 Å². The molecular weight excluding hydrogens is 969 g/mol. The zero-order chi connectivity index (χ0) is 57.1. The fourth-order valence-corrected chi connectivity index (χ4v) is 10.5. The van der Waals surface area contributed by atoms with Crippen LogP contribution < -0.4 is 0 Å². The van der Waals surface area contributed by atoms with E-state index in [1.54, 1.807) is 0 Å². The quantitative estimate of drug-likeness (QED) is 0.0361. The minimum Gasteiger partial charge on any atom is -0.462 e. The molecule has 8 nitrogen and oxygen atoms in total. The maximum absolute atomic E-state index is 14.0. The summed E-state index contributed by atoms with van der Waals surface area (Å²) in [5.74, 6) is 0.296. The summed E-state index contributed by atoms with van der Waals surface area (Å²) in [7, 11) is 0. The zero-order valence-electron chi connectivity index (χ0n) is 52.7. The van der Waals surface area contributed by atoms with Crippen LogP contribution in [0.2, 0.25) is 0 Å². The lowest BCUT2D eigenvalue weighted by Gasteiger charge is -2.15. The average molecular weight is 1100 g/mol. The Morgan fingerprint density at radius 1 is 0.231 bits per heavy atom. The van der Waals surface area contributed by atoms with Crippen LogP contribution in [0.1, 0.15) is 379 Å². The predicted molar refractivity (Wildman–Crippen MR) is 330 cm³/mol. The molecule has 454 valence electrons. The maximum atomic E-state index is 14.0. The van der Waals surface area contributed by atoms with Crippen LogP contribution in [0.5, 0.6) is 0 Å². The summed E-state index contributed by atoms with van der Waals surface area (Å²) in [6.45, 7) is 19.2. The molecule has 0 amide bonds. The van der Waals surface area contributed by atoms with Gasteiger partial charge in [-0.3, -0.25) is 0 Å². The topological polar surface area (TPSA) is 105 Å². The molecule has 1 aromatic carbocycles. The van der Waals surface area contributed by atoms with Gasteiger partial charge in [0.1, 0.15) is 0 Å². The molecule has 8 heteroatoms. The molecule has 0 heterocycles. The van der Waals surface area contributed by atoms with Gasteiger partial charge in [-0.15, -0.1) is 0 Å². The molecule has 78 heavy (non-hydrogen) atoms. The summed E-state index contributed by atoms with van der Waals surface area (Å²) in [5.41, 5.74) is -0.346. The van der Waals surface area contributed by atoms with Crippen molar-refractivity contribution in [3.63, 3.8) is 0 Å². The SMILES string of the molecule is CC(C)CCCCCCCCCCCCOC(=O)c1cc(C(=O)OCCCCCCCCCCCCC(C)C)c(C(=O)OCCCCCCCCCCCCC(C)C)cc1C(=O)OCCCCCCCCCCCCC(C)C. The van der Waals surface area contributed by atoms with E-state index in [1.165, 1.54) is 192 Å². The van der Waals surface area contributed by atoms with Crippen LogP contribution in [-0.2, 0) is 18.9 Å². The molecule has 0 atom stereocenters. The molecule has 0 fully saturated rings. The van der Waals surface area contributed by atoms with E-state index in [1.807, 2.05) is 0 Å². The maximum Gasteiger partial charge on any atom is 0.339 e. The number of benzene rings is 1. The monoisotopic (exact) mass is 1090 g/mol. The first-order valence-corrected chi connectivity index (χ1v) is 33.7. The molecule has 0 unspecified atom stereocenters. The van der Waals surface area contributed by atoms with Gasteiger partial charge in [0.15, 0.2) is 0 Å². The van der Waals surface area contributed by atoms with E-state index >= 15 is 0 Å². The molecule has 0 N–H and O–H groups in total. The molecular formula is C70H126O8. The highest BCUT2D eigenvalue weighted by Crippen LogP contribution is 2.24. The van der Waals surface area contributed by atoms with Gasteiger partial charge in [-0.05, 0) is 61.5 Å². The number of hydrogen-bond donors (Lipinski definition) is 0. The number of hydrogen-bond acceptors (Lipinski definition) is 8. The Bertz CT molecular complexity index is 1350. The minimum atomic E-state index is -0.713. The predicted octanol–water partition coefficient (Wildman–Crippen LogP) is 22.1. The molecule has 0 bridgehead atoms. The van der Waals surface area contributed by atoms with E-state index in [-0.39, 0.29) is 48.7 Å². The van der Waals surface area contributed by atoms with Gasteiger partial charge >= 0.3 is 23.9 Å². The lowest BCUT2D eigenvalue weighted by atomic mass is 9.97. The molecule has 0 aliphatic heterocycles. The first-order chi connectivity index (χ1) is 37.8. The van der Waals surface area contributed by atoms with Gasteiger partial charge in [-0.2, -0.15) is 0 Å². The van der Waals surface area contributed by atoms with E-state index in [0.717, 1.165) is 101 Å². The molecule has 0 aliphatic rings. The van der Waals surface area contributed by atoms with Crippen molar-refractivity contribution >= 4 is 23.9 Å². The van der Waals surface area contributed by atoms with Crippen LogP contribution in [0, 0.1) is 23.7 Å². The Kier molecular flexibility index (Phi) is 48.9. The second-order valence-electron chi connectivity index (χ2n) is 25.4. The van der Waals surface area contributed by atoms with Crippen LogP contribution >= 0.6 is 0 Å². The Hall–Kier alpha value is -2.90. The largest absolute Gasteiger partial charge is 0.462 e. The minimum absolute atomic E-state index is 0.0865. The number of carbonyl (C=O) groups excluding carboxylic acids is 4. The summed E-state index contributed by atoms with van der Waals surface area (Å²) in [6.07, 6.45) is 51.8. The van der Waals surface area contributed by atoms with E-state index in [0.29, 0.717) is 25.7 Å². The summed E-state index contributed by atoms with van der Waals surface area (Å²) in [6, 6.07) is 2.64. The normalized spacial score (nSPS) is 11.6. The van der Waals surface area contributed by atoms with Gasteiger partial charge < -0.3 is 18.9 Å². The van der Waals surface area contributed by atoms with Crippen molar-refractivity contribution < 1.29 is 38.1 Å². The van der Waals surface area contributed by atoms with Gasteiger partial charge in [0, 0.05) is 0 Å². The molecule has 0 saturated carbocycles. The lowest BCUT2D eigenvalue weighted by Crippen LogP contribution is -2.21. The van der Waals surface area contributed by atoms with E-state index in [2.05, 4.69) is 55.4 Å². The van der Waals surface area contributed by atoms with Gasteiger partial charge in [0.25, 0.3) is 0 Å². The number of esters is 4. The van der Waals surface area contributed by atoms with Crippen LogP contribution in [0.3, 0.4) is 0 Å². The van der Waals surface area contributed by atoms with Crippen LogP contribution in [0.25, 0.3) is 0 Å². The van der Waals surface area contributed by atoms with Crippen molar-refractivity contribution in [2.24, 2.45) is 23.7 Å². The van der Waals surface area contributed by atoms with Crippen molar-refractivity contribution in [2.75, 3.05) is 26.4 Å². The number of ether oxygens (including phenoxy) is 4. The average Bonchev–Trinajstić information content (AvgIpc) is 3.44. The fourth-order valence-electron chi connectivity index (χ4n) is 10.5. The summed E-state index contributed by atoms with van der Waals surface area (Å²) >= 11 is 0. The van der Waals surface area contributed by atoms with E-state index < -0.39 is 23.9 Å². The van der Waals surface area contributed by atoms with E-state index in [4.69, 9.17) is 18.9 Å². The van der Waals surface area contributed by atoms with Crippen LogP contribution in [0.15, 0.2) is 12.1 Å². The van der Waals surface area contributed by atoms with Crippen molar-refractivity contribution in [2.45, 2.75) is 338 Å². The van der Waals surface area contributed by atoms with Crippen molar-refractivity contribution in [3.05, 3.63) is 34.4 Å². The lowest BCUT2D eigenvalue weighted by molar-refractivity contribution is 0.0434. The van der Waals surface area contributed by atoms with Crippen molar-refractivity contribution in [1.82, 2.24) is 0 Å². The standard InChI is InChI=1S/C70H126O8/c1-59(2)49-41-33-25-17-9-13-21-29-37-45-53-75-67(71)63-57-65(69(73)77-55-47-39-31-23-15-11-19-27-35-43-51-61(5)6)66(70(74)78-56-48-40-32-24-16-12-20-28-36-44-52-62(7)8)58-64(63)68(72)76-54-46-38-30-22-14-10-18-26-34-42-50-60(3)4/h57-62H,9-56H2,1-8H3. The summed E-state index contributed by atoms with van der Waals surface area (Å²) in [4.78, 5) is 55.9. The number of unbranched alkanes of at least 4 members (excludes halogenated alkanes) is 36. The summed E-state index contributed by atoms with van der Waals surface area (Å²) in [5, 5.41) is 0. The molecule has 0 aliphatic carbocycles. The Balaban J connectivity index is 3.01. The molecule has 1 rings (SSSR count). The Morgan fingerprint density at radius 3 is 0.500 bits per heavy atom. The van der Waals surface area contributed by atoms with Crippen molar-refractivity contribution in [3.8, 4) is 0 Å². The Morgan fingerprint density at radius 2 is 0.359 bits per heavy atom. The number of rotatable bonds is 56. The second kappa shape index (κ2) is 52.2. The summed E-state index contributed by atoms with van der Waals surface area (Å²) < 4.78 is 23.2. The fraction of sp³-hybridized carbons (Fsp3) is 0.857. The molecule has 0 aromatic heterocycles. The van der Waals surface area contributed by atoms with Crippen molar-refractivity contribution in [1.29, 1.82) is 0 Å². The van der Waals surface area contributed by atoms with Gasteiger partial charge in [0.2, 0.25) is 0 Å². The number of carbonyl (C=O) groups is 4. The first kappa shape index (κ1) is 73.1. The third kappa shape index (κ3) is 43.8. The van der Waals surface area contributed by atoms with Crippen LogP contribution in [0.4, 0.5) is 0 Å². The highest BCUT2D eigenvalue weighted by Gasteiger charge is 2.29. The highest BCUT2D eigenvalue weighted by molar-refractivity contribution is 6.10. The Labute approximate surface area is 482 Å². The third-order valence-corrected chi connectivity index (χ3v) is 15.7. The second-order valence-corrected chi connectivity index (χ2v) is 25.4. The van der Waals surface area contributed by atoms with Gasteiger partial charge in [-0.25, -0.2) is 19.2 Å². The zero-order valence-corrected chi connectivity index (χ0v) is 52.7. The van der Waals surface area contributed by atoms with Crippen LogP contribution in [-0.4, -0.2) is 50.3 Å². The van der Waals surface area contributed by atoms with E-state index in [9.17, 15) is 19.2 Å². The first-order valence-electron chi connectivity index (χ1n) is 33.7. The molecule has 0 saturated heterocycles.